The molecule has 0 aliphatic heterocycles. The number of hydrazone groups is 1. The fourth-order valence-corrected chi connectivity index (χ4v) is 2.47. The van der Waals surface area contributed by atoms with E-state index in [9.17, 15) is 4.39 Å². The van der Waals surface area contributed by atoms with Crippen LogP contribution in [0.1, 0.15) is 5.56 Å². The van der Waals surface area contributed by atoms with E-state index >= 15 is 0 Å². The first-order valence-corrected chi connectivity index (χ1v) is 6.54. The maximum Gasteiger partial charge on any atom is 0.204 e. The summed E-state index contributed by atoms with van der Waals surface area (Å²) in [7, 11) is 0. The van der Waals surface area contributed by atoms with E-state index in [2.05, 4.69) is 15.5 Å². The van der Waals surface area contributed by atoms with E-state index in [4.69, 9.17) is 0 Å². The lowest BCUT2D eigenvalue weighted by Gasteiger charge is -1.95. The predicted octanol–water partition coefficient (Wildman–Crippen LogP) is 3.88. The molecule has 19 heavy (non-hydrogen) atoms. The number of para-hydroxylation sites is 1. The minimum atomic E-state index is -0.294. The zero-order valence-corrected chi connectivity index (χ0v) is 10.7. The summed E-state index contributed by atoms with van der Waals surface area (Å²) in [6, 6.07) is 14.3. The molecule has 0 aliphatic rings. The van der Waals surface area contributed by atoms with E-state index in [1.165, 1.54) is 23.6 Å². The normalized spacial score (nSPS) is 11.2. The lowest BCUT2D eigenvalue weighted by atomic mass is 10.2. The Hall–Kier alpha value is -2.27. The number of halogens is 1. The smallest absolute Gasteiger partial charge is 0.204 e. The van der Waals surface area contributed by atoms with Gasteiger partial charge in [-0.1, -0.05) is 41.7 Å². The molecule has 2 aromatic carbocycles. The fourth-order valence-electron chi connectivity index (χ4n) is 1.66. The number of aromatic nitrogens is 1. The molecule has 5 heteroatoms. The highest BCUT2D eigenvalue weighted by atomic mass is 32.1. The first-order chi connectivity index (χ1) is 9.33. The van der Waals surface area contributed by atoms with Gasteiger partial charge in [-0.2, -0.15) is 5.10 Å². The van der Waals surface area contributed by atoms with Crippen LogP contribution >= 0.6 is 11.3 Å². The number of nitrogens with one attached hydrogen (secondary N) is 1. The van der Waals surface area contributed by atoms with E-state index in [1.54, 1.807) is 18.2 Å². The first kappa shape index (κ1) is 11.8. The molecule has 1 aromatic heterocycles. The first-order valence-electron chi connectivity index (χ1n) is 5.72. The molecule has 0 amide bonds. The maximum absolute atomic E-state index is 13.4. The zero-order valence-electron chi connectivity index (χ0n) is 9.88. The van der Waals surface area contributed by atoms with Crippen molar-refractivity contribution in [1.29, 1.82) is 0 Å². The number of rotatable bonds is 3. The molecule has 0 unspecified atom stereocenters. The predicted molar refractivity (Wildman–Crippen MR) is 77.2 cm³/mol. The Labute approximate surface area is 113 Å². The van der Waals surface area contributed by atoms with Gasteiger partial charge in [0.2, 0.25) is 5.13 Å². The summed E-state index contributed by atoms with van der Waals surface area (Å²) >= 11 is 1.51. The third-order valence-corrected chi connectivity index (χ3v) is 3.50. The Bertz CT molecular complexity index is 703. The third-order valence-electron chi connectivity index (χ3n) is 2.56. The van der Waals surface area contributed by atoms with Crippen LogP contribution in [0.2, 0.25) is 0 Å². The number of thiazole rings is 1. The number of hydrogen-bond donors (Lipinski definition) is 1. The third kappa shape index (κ3) is 2.61. The molecule has 0 saturated carbocycles. The zero-order chi connectivity index (χ0) is 13.1. The van der Waals surface area contributed by atoms with Crippen LogP contribution in [0.25, 0.3) is 10.2 Å². The minimum absolute atomic E-state index is 0.294. The van der Waals surface area contributed by atoms with Gasteiger partial charge in [-0.15, -0.1) is 0 Å². The average Bonchev–Trinajstić information content (AvgIpc) is 2.83. The van der Waals surface area contributed by atoms with Crippen LogP contribution < -0.4 is 5.43 Å². The van der Waals surface area contributed by atoms with E-state index in [1.807, 2.05) is 24.3 Å². The van der Waals surface area contributed by atoms with Crippen molar-refractivity contribution in [3.8, 4) is 0 Å². The Morgan fingerprint density at radius 1 is 1.11 bits per heavy atom. The molecule has 0 spiro atoms. The summed E-state index contributed by atoms with van der Waals surface area (Å²) in [5.41, 5.74) is 4.19. The molecule has 1 N–H and O–H groups in total. The van der Waals surface area contributed by atoms with E-state index in [0.29, 0.717) is 10.7 Å². The lowest BCUT2D eigenvalue weighted by molar-refractivity contribution is 0.626. The molecular weight excluding hydrogens is 261 g/mol. The van der Waals surface area contributed by atoms with Crippen LogP contribution in [-0.4, -0.2) is 11.2 Å². The molecule has 3 rings (SSSR count). The number of fused-ring (bicyclic) bond motifs is 1. The molecule has 94 valence electrons. The molecule has 0 bridgehead atoms. The van der Waals surface area contributed by atoms with Gasteiger partial charge in [0.25, 0.3) is 0 Å². The van der Waals surface area contributed by atoms with Crippen LogP contribution in [0.5, 0.6) is 0 Å². The topological polar surface area (TPSA) is 37.3 Å². The van der Waals surface area contributed by atoms with Gasteiger partial charge in [0.05, 0.1) is 16.4 Å². The van der Waals surface area contributed by atoms with Crippen LogP contribution in [-0.2, 0) is 0 Å². The second-order valence-corrected chi connectivity index (χ2v) is 4.91. The van der Waals surface area contributed by atoms with Gasteiger partial charge >= 0.3 is 0 Å². The number of anilines is 1. The van der Waals surface area contributed by atoms with Crippen molar-refractivity contribution in [3.63, 3.8) is 0 Å². The number of nitrogens with zero attached hydrogens (tertiary/aromatic N) is 2. The summed E-state index contributed by atoms with van der Waals surface area (Å²) in [4.78, 5) is 4.37. The van der Waals surface area contributed by atoms with Crippen molar-refractivity contribution < 1.29 is 4.39 Å². The molecule has 0 fully saturated rings. The highest BCUT2D eigenvalue weighted by molar-refractivity contribution is 7.22. The van der Waals surface area contributed by atoms with E-state index in [0.717, 1.165) is 10.2 Å². The molecule has 3 aromatic rings. The van der Waals surface area contributed by atoms with Crippen molar-refractivity contribution in [2.45, 2.75) is 0 Å². The molecule has 1 heterocycles. The lowest BCUT2D eigenvalue weighted by Crippen LogP contribution is -1.92. The highest BCUT2D eigenvalue weighted by Gasteiger charge is 2.01. The summed E-state index contributed by atoms with van der Waals surface area (Å²) in [5.74, 6) is -0.294. The Balaban J connectivity index is 1.77. The summed E-state index contributed by atoms with van der Waals surface area (Å²) in [6.45, 7) is 0. The maximum atomic E-state index is 13.4. The summed E-state index contributed by atoms with van der Waals surface area (Å²) in [6.07, 6.45) is 1.45. The van der Waals surface area contributed by atoms with Gasteiger partial charge in [-0.05, 0) is 18.2 Å². The van der Waals surface area contributed by atoms with Crippen molar-refractivity contribution in [3.05, 3.63) is 59.9 Å². The second-order valence-electron chi connectivity index (χ2n) is 3.88. The standard InChI is InChI=1S/C14H10FN3S/c15-11-6-2-1-5-10(11)9-16-18-14-17-12-7-3-4-8-13(12)19-14/h1-9H,(H,17,18)/b16-9+. The van der Waals surface area contributed by atoms with Gasteiger partial charge in [0, 0.05) is 5.56 Å². The van der Waals surface area contributed by atoms with Crippen molar-refractivity contribution in [1.82, 2.24) is 4.98 Å². The molecule has 0 aliphatic carbocycles. The molecule has 0 saturated heterocycles. The van der Waals surface area contributed by atoms with Crippen molar-refractivity contribution in [2.24, 2.45) is 5.10 Å². The number of hydrogen-bond acceptors (Lipinski definition) is 4. The van der Waals surface area contributed by atoms with Crippen molar-refractivity contribution >= 4 is 32.9 Å². The van der Waals surface area contributed by atoms with Crippen LogP contribution in [0.15, 0.2) is 53.6 Å². The number of benzene rings is 2. The SMILES string of the molecule is Fc1ccccc1/C=N/Nc1nc2ccccc2s1. The molecule has 0 radical (unpaired) electrons. The van der Waals surface area contributed by atoms with Gasteiger partial charge in [0.1, 0.15) is 5.82 Å². The Kier molecular flexibility index (Phi) is 3.20. The molecule has 3 nitrogen and oxygen atoms in total. The summed E-state index contributed by atoms with van der Waals surface area (Å²) in [5, 5.41) is 4.69. The molecule has 0 atom stereocenters. The Morgan fingerprint density at radius 2 is 1.89 bits per heavy atom. The van der Waals surface area contributed by atoms with Crippen LogP contribution in [0.4, 0.5) is 9.52 Å². The fraction of sp³-hybridized carbons (Fsp3) is 0. The van der Waals surface area contributed by atoms with Gasteiger partial charge in [-0.25, -0.2) is 9.37 Å². The van der Waals surface area contributed by atoms with Crippen molar-refractivity contribution in [2.75, 3.05) is 5.43 Å². The quantitative estimate of drug-likeness (QED) is 0.580. The van der Waals surface area contributed by atoms with Crippen LogP contribution in [0, 0.1) is 5.82 Å². The van der Waals surface area contributed by atoms with E-state index in [-0.39, 0.29) is 5.82 Å². The Morgan fingerprint density at radius 3 is 2.74 bits per heavy atom. The second kappa shape index (κ2) is 5.16. The van der Waals surface area contributed by atoms with Gasteiger partial charge in [0.15, 0.2) is 0 Å². The van der Waals surface area contributed by atoms with Crippen LogP contribution in [0.3, 0.4) is 0 Å². The highest BCUT2D eigenvalue weighted by Crippen LogP contribution is 2.25. The average molecular weight is 271 g/mol. The summed E-state index contributed by atoms with van der Waals surface area (Å²) < 4.78 is 14.4. The van der Waals surface area contributed by atoms with E-state index < -0.39 is 0 Å². The molecular formula is C14H10FN3S. The minimum Gasteiger partial charge on any atom is -0.253 e. The monoisotopic (exact) mass is 271 g/mol. The van der Waals surface area contributed by atoms with Gasteiger partial charge in [-0.3, -0.25) is 5.43 Å². The van der Waals surface area contributed by atoms with Gasteiger partial charge < -0.3 is 0 Å². The largest absolute Gasteiger partial charge is 0.253 e.